The predicted octanol–water partition coefficient (Wildman–Crippen LogP) is 0.954. The van der Waals surface area contributed by atoms with Crippen molar-refractivity contribution in [2.45, 2.75) is 32.6 Å². The highest BCUT2D eigenvalue weighted by molar-refractivity contribution is 5.80. The third-order valence-electron chi connectivity index (χ3n) is 3.59. The fourth-order valence-electron chi connectivity index (χ4n) is 2.33. The van der Waals surface area contributed by atoms with Gasteiger partial charge in [0.05, 0.1) is 0 Å². The van der Waals surface area contributed by atoms with E-state index in [4.69, 9.17) is 0 Å². The molecular weight excluding hydrogens is 230 g/mol. The first-order chi connectivity index (χ1) is 8.66. The molecule has 0 spiro atoms. The van der Waals surface area contributed by atoms with Gasteiger partial charge in [0.15, 0.2) is 0 Å². The second-order valence-corrected chi connectivity index (χ2v) is 5.49. The third-order valence-corrected chi connectivity index (χ3v) is 3.59. The Bertz CT molecular complexity index is 315. The van der Waals surface area contributed by atoms with Gasteiger partial charge in [0, 0.05) is 32.1 Å². The number of urea groups is 1. The summed E-state index contributed by atoms with van der Waals surface area (Å²) in [4.78, 5) is 25.1. The summed E-state index contributed by atoms with van der Waals surface area (Å²) in [6.07, 6.45) is 4.34. The van der Waals surface area contributed by atoms with E-state index in [1.54, 1.807) is 0 Å². The Hall–Kier alpha value is -1.26. The zero-order valence-corrected chi connectivity index (χ0v) is 11.1. The van der Waals surface area contributed by atoms with Crippen LogP contribution in [0.25, 0.3) is 0 Å². The fraction of sp³-hybridized carbons (Fsp3) is 0.846. The zero-order chi connectivity index (χ0) is 13.0. The Labute approximate surface area is 108 Å². The Kier molecular flexibility index (Phi) is 4.44. The summed E-state index contributed by atoms with van der Waals surface area (Å²) in [7, 11) is 0. The van der Waals surface area contributed by atoms with E-state index in [-0.39, 0.29) is 17.9 Å². The monoisotopic (exact) mass is 253 g/mol. The quantitative estimate of drug-likeness (QED) is 0.733. The molecule has 0 aromatic carbocycles. The minimum Gasteiger partial charge on any atom is -0.354 e. The molecule has 1 atom stereocenters. The van der Waals surface area contributed by atoms with Gasteiger partial charge in [0.1, 0.15) is 0 Å². The highest BCUT2D eigenvalue weighted by Gasteiger charge is 2.29. The van der Waals surface area contributed by atoms with Crippen LogP contribution in [-0.2, 0) is 4.79 Å². The van der Waals surface area contributed by atoms with Crippen molar-refractivity contribution >= 4 is 11.9 Å². The molecule has 2 N–H and O–H groups in total. The maximum atomic E-state index is 11.8. The van der Waals surface area contributed by atoms with E-state index in [0.717, 1.165) is 32.4 Å². The summed E-state index contributed by atoms with van der Waals surface area (Å²) in [5.41, 5.74) is 0. The van der Waals surface area contributed by atoms with Crippen molar-refractivity contribution in [3.63, 3.8) is 0 Å². The first kappa shape index (κ1) is 13.2. The number of carbonyl (C=O) groups is 2. The van der Waals surface area contributed by atoms with Gasteiger partial charge in [-0.05, 0) is 31.6 Å². The number of nitrogens with zero attached hydrogens (tertiary/aromatic N) is 1. The summed E-state index contributed by atoms with van der Waals surface area (Å²) in [5, 5.41) is 5.70. The number of likely N-dealkylation sites (tertiary alicyclic amines) is 1. The largest absolute Gasteiger partial charge is 0.354 e. The first-order valence-electron chi connectivity index (χ1n) is 6.97. The number of piperidine rings is 1. The topological polar surface area (TPSA) is 61.4 Å². The van der Waals surface area contributed by atoms with Crippen LogP contribution in [-0.4, -0.2) is 43.0 Å². The van der Waals surface area contributed by atoms with Crippen LogP contribution in [0, 0.1) is 11.8 Å². The molecule has 2 aliphatic rings. The van der Waals surface area contributed by atoms with Crippen LogP contribution in [0.3, 0.4) is 0 Å². The van der Waals surface area contributed by atoms with E-state index in [0.29, 0.717) is 19.0 Å². The maximum absolute atomic E-state index is 11.8. The summed E-state index contributed by atoms with van der Waals surface area (Å²) in [6, 6.07) is 0.00206. The van der Waals surface area contributed by atoms with Gasteiger partial charge in [-0.3, -0.25) is 4.79 Å². The molecule has 2 fully saturated rings. The van der Waals surface area contributed by atoms with Gasteiger partial charge in [-0.1, -0.05) is 6.92 Å². The van der Waals surface area contributed by atoms with Crippen LogP contribution in [0.1, 0.15) is 32.6 Å². The lowest BCUT2D eigenvalue weighted by Gasteiger charge is -2.30. The van der Waals surface area contributed by atoms with Crippen LogP contribution >= 0.6 is 0 Å². The molecule has 1 aliphatic heterocycles. The van der Waals surface area contributed by atoms with Crippen LogP contribution in [0.2, 0.25) is 0 Å². The normalized spacial score (nSPS) is 23.6. The lowest BCUT2D eigenvalue weighted by Crippen LogP contribution is -2.46. The number of nitrogens with one attached hydrogen (secondary N) is 2. The molecule has 5 nitrogen and oxygen atoms in total. The third kappa shape index (κ3) is 3.89. The molecule has 1 unspecified atom stereocenters. The summed E-state index contributed by atoms with van der Waals surface area (Å²) >= 11 is 0. The molecule has 102 valence electrons. The smallest absolute Gasteiger partial charge is 0.317 e. The molecule has 18 heavy (non-hydrogen) atoms. The summed E-state index contributed by atoms with van der Waals surface area (Å²) in [6.45, 7) is 4.92. The molecule has 1 saturated carbocycles. The van der Waals surface area contributed by atoms with Crippen molar-refractivity contribution in [3.05, 3.63) is 0 Å². The second kappa shape index (κ2) is 6.07. The Morgan fingerprint density at radius 3 is 2.56 bits per heavy atom. The molecular formula is C13H23N3O2. The van der Waals surface area contributed by atoms with E-state index >= 15 is 0 Å². The molecule has 0 radical (unpaired) electrons. The van der Waals surface area contributed by atoms with Crippen LogP contribution in [0.4, 0.5) is 4.79 Å². The van der Waals surface area contributed by atoms with Gasteiger partial charge in [0.2, 0.25) is 5.91 Å². The van der Waals surface area contributed by atoms with Crippen molar-refractivity contribution in [1.29, 1.82) is 0 Å². The molecule has 3 amide bonds. The molecule has 0 aromatic rings. The molecule has 0 aromatic heterocycles. The van der Waals surface area contributed by atoms with Gasteiger partial charge < -0.3 is 15.5 Å². The molecule has 2 rings (SSSR count). The Balaban J connectivity index is 1.57. The fourth-order valence-corrected chi connectivity index (χ4v) is 2.33. The van der Waals surface area contributed by atoms with Crippen LogP contribution in [0.15, 0.2) is 0 Å². The second-order valence-electron chi connectivity index (χ2n) is 5.49. The van der Waals surface area contributed by atoms with E-state index in [2.05, 4.69) is 17.6 Å². The SMILES string of the molecule is CC1CCCN(C(=O)NCCNC(=O)C2CC2)C1. The molecule has 1 aliphatic carbocycles. The predicted molar refractivity (Wildman–Crippen MR) is 69.1 cm³/mol. The minimum absolute atomic E-state index is 0.00206. The number of hydrogen-bond acceptors (Lipinski definition) is 2. The maximum Gasteiger partial charge on any atom is 0.317 e. The number of carbonyl (C=O) groups excluding carboxylic acids is 2. The average Bonchev–Trinajstić information content (AvgIpc) is 3.18. The highest BCUT2D eigenvalue weighted by Crippen LogP contribution is 2.28. The number of rotatable bonds is 4. The molecule has 1 heterocycles. The lowest BCUT2D eigenvalue weighted by atomic mass is 10.0. The Morgan fingerprint density at radius 1 is 1.17 bits per heavy atom. The van der Waals surface area contributed by atoms with Crippen molar-refractivity contribution in [1.82, 2.24) is 15.5 Å². The van der Waals surface area contributed by atoms with Crippen molar-refractivity contribution < 1.29 is 9.59 Å². The Morgan fingerprint density at radius 2 is 1.89 bits per heavy atom. The van der Waals surface area contributed by atoms with E-state index in [9.17, 15) is 9.59 Å². The van der Waals surface area contributed by atoms with Gasteiger partial charge in [-0.2, -0.15) is 0 Å². The highest BCUT2D eigenvalue weighted by atomic mass is 16.2. The lowest BCUT2D eigenvalue weighted by molar-refractivity contribution is -0.122. The molecule has 5 heteroatoms. The standard InChI is InChI=1S/C13H23N3O2/c1-10-3-2-8-16(9-10)13(18)15-7-6-14-12(17)11-4-5-11/h10-11H,2-9H2,1H3,(H,14,17)(H,15,18). The van der Waals surface area contributed by atoms with Gasteiger partial charge in [-0.25, -0.2) is 4.79 Å². The number of amides is 3. The van der Waals surface area contributed by atoms with E-state index < -0.39 is 0 Å². The number of hydrogen-bond donors (Lipinski definition) is 2. The van der Waals surface area contributed by atoms with E-state index in [1.807, 2.05) is 4.90 Å². The van der Waals surface area contributed by atoms with Crippen LogP contribution in [0.5, 0.6) is 0 Å². The first-order valence-corrected chi connectivity index (χ1v) is 6.97. The van der Waals surface area contributed by atoms with Gasteiger partial charge >= 0.3 is 6.03 Å². The van der Waals surface area contributed by atoms with Crippen LogP contribution < -0.4 is 10.6 Å². The van der Waals surface area contributed by atoms with Crippen molar-refractivity contribution in [3.8, 4) is 0 Å². The average molecular weight is 253 g/mol. The van der Waals surface area contributed by atoms with Gasteiger partial charge in [0.25, 0.3) is 0 Å². The van der Waals surface area contributed by atoms with Crippen molar-refractivity contribution in [2.75, 3.05) is 26.2 Å². The summed E-state index contributed by atoms with van der Waals surface area (Å²) in [5.74, 6) is 0.971. The van der Waals surface area contributed by atoms with E-state index in [1.165, 1.54) is 6.42 Å². The summed E-state index contributed by atoms with van der Waals surface area (Å²) < 4.78 is 0. The van der Waals surface area contributed by atoms with Gasteiger partial charge in [-0.15, -0.1) is 0 Å². The molecule has 0 bridgehead atoms. The minimum atomic E-state index is 0.00206. The molecule has 1 saturated heterocycles. The zero-order valence-electron chi connectivity index (χ0n) is 11.1. The van der Waals surface area contributed by atoms with Crippen molar-refractivity contribution in [2.24, 2.45) is 11.8 Å².